The van der Waals surface area contributed by atoms with E-state index in [1.807, 2.05) is 14.0 Å². The average molecular weight is 377 g/mol. The molecule has 1 N–H and O–H groups in total. The van der Waals surface area contributed by atoms with Crippen molar-refractivity contribution in [2.24, 2.45) is 7.05 Å². The Morgan fingerprint density at radius 1 is 1.50 bits per heavy atom. The molecule has 0 spiro atoms. The fourth-order valence-corrected chi connectivity index (χ4v) is 3.91. The van der Waals surface area contributed by atoms with Gasteiger partial charge in [-0.1, -0.05) is 0 Å². The molecule has 3 heterocycles. The summed E-state index contributed by atoms with van der Waals surface area (Å²) in [5.74, 6) is 0.216. The summed E-state index contributed by atoms with van der Waals surface area (Å²) < 4.78 is 6.92. The number of aryl methyl sites for hydroxylation is 2. The monoisotopic (exact) mass is 377 g/mol. The van der Waals surface area contributed by atoms with Gasteiger partial charge < -0.3 is 10.1 Å². The maximum atomic E-state index is 12.8. The number of anilines is 1. The molecule has 2 aromatic heterocycles. The van der Waals surface area contributed by atoms with Crippen molar-refractivity contribution in [1.29, 1.82) is 0 Å². The molecule has 1 aliphatic rings. The van der Waals surface area contributed by atoms with E-state index in [1.165, 1.54) is 11.3 Å². The third-order valence-corrected chi connectivity index (χ3v) is 5.76. The van der Waals surface area contributed by atoms with Gasteiger partial charge in [0, 0.05) is 33.0 Å². The van der Waals surface area contributed by atoms with E-state index in [2.05, 4.69) is 15.4 Å². The number of ether oxygens (including phenoxy) is 1. The van der Waals surface area contributed by atoms with E-state index in [-0.39, 0.29) is 17.9 Å². The number of nitrogens with zero attached hydrogens (tertiary/aromatic N) is 4. The van der Waals surface area contributed by atoms with Crippen LogP contribution in [-0.2, 0) is 16.6 Å². The summed E-state index contributed by atoms with van der Waals surface area (Å²) in [5.41, 5.74) is 0.649. The first-order chi connectivity index (χ1) is 12.4. The van der Waals surface area contributed by atoms with Crippen LogP contribution in [0.1, 0.15) is 46.2 Å². The van der Waals surface area contributed by atoms with Crippen LogP contribution in [0.4, 0.5) is 5.82 Å². The van der Waals surface area contributed by atoms with E-state index in [1.54, 1.807) is 35.9 Å². The van der Waals surface area contributed by atoms with Crippen molar-refractivity contribution < 1.29 is 14.3 Å². The van der Waals surface area contributed by atoms with E-state index in [9.17, 15) is 9.59 Å². The Kier molecular flexibility index (Phi) is 5.38. The first-order valence-electron chi connectivity index (χ1n) is 8.52. The Balaban J connectivity index is 1.73. The second-order valence-corrected chi connectivity index (χ2v) is 7.38. The lowest BCUT2D eigenvalue weighted by Gasteiger charge is -2.31. The molecule has 9 heteroatoms. The predicted octanol–water partition coefficient (Wildman–Crippen LogP) is 1.82. The summed E-state index contributed by atoms with van der Waals surface area (Å²) >= 11 is 1.30. The lowest BCUT2D eigenvalue weighted by molar-refractivity contribution is -0.121. The highest BCUT2D eigenvalue weighted by Crippen LogP contribution is 2.26. The molecule has 0 aliphatic carbocycles. The van der Waals surface area contributed by atoms with Crippen LogP contribution in [0.5, 0.6) is 0 Å². The zero-order valence-electron chi connectivity index (χ0n) is 15.4. The normalized spacial score (nSPS) is 18.8. The molecule has 1 fully saturated rings. The summed E-state index contributed by atoms with van der Waals surface area (Å²) in [7, 11) is 3.41. The van der Waals surface area contributed by atoms with Gasteiger partial charge in [0.25, 0.3) is 11.8 Å². The van der Waals surface area contributed by atoms with Gasteiger partial charge in [0.05, 0.1) is 5.69 Å². The number of nitrogens with one attached hydrogen (secondary N) is 1. The van der Waals surface area contributed by atoms with Gasteiger partial charge in [-0.2, -0.15) is 5.10 Å². The number of hydrogen-bond donors (Lipinski definition) is 1. The first kappa shape index (κ1) is 18.5. The number of aromatic nitrogens is 3. The molecule has 1 saturated heterocycles. The fraction of sp³-hybridized carbons (Fsp3) is 0.529. The van der Waals surface area contributed by atoms with E-state index < -0.39 is 6.04 Å². The first-order valence-corrected chi connectivity index (χ1v) is 9.34. The molecular formula is C17H23N5O3S. The Labute approximate surface area is 156 Å². The summed E-state index contributed by atoms with van der Waals surface area (Å²) in [6, 6.07) is 1.25. The topological polar surface area (TPSA) is 89.3 Å². The van der Waals surface area contributed by atoms with Crippen LogP contribution in [0.3, 0.4) is 0 Å². The number of carbonyl (C=O) groups excluding carboxylic acids is 2. The van der Waals surface area contributed by atoms with E-state index in [0.717, 1.165) is 11.4 Å². The molecule has 0 bridgehead atoms. The van der Waals surface area contributed by atoms with Crippen LogP contribution in [-0.4, -0.2) is 46.3 Å². The van der Waals surface area contributed by atoms with Gasteiger partial charge in [-0.25, -0.2) is 4.98 Å². The van der Waals surface area contributed by atoms with Gasteiger partial charge >= 0.3 is 0 Å². The Bertz CT molecular complexity index is 815. The van der Waals surface area contributed by atoms with Crippen LogP contribution in [0.2, 0.25) is 0 Å². The van der Waals surface area contributed by atoms with Gasteiger partial charge in [0.1, 0.15) is 22.0 Å². The molecular weight excluding hydrogens is 354 g/mol. The Hall–Kier alpha value is -2.26. The molecule has 8 nitrogen and oxygen atoms in total. The molecule has 140 valence electrons. The van der Waals surface area contributed by atoms with E-state index in [4.69, 9.17) is 4.74 Å². The van der Waals surface area contributed by atoms with Crippen molar-refractivity contribution in [1.82, 2.24) is 20.1 Å². The minimum absolute atomic E-state index is 0.129. The number of amides is 2. The van der Waals surface area contributed by atoms with Crippen LogP contribution in [0.15, 0.2) is 12.3 Å². The van der Waals surface area contributed by atoms with Crippen molar-refractivity contribution in [2.75, 3.05) is 18.6 Å². The molecule has 0 saturated carbocycles. The number of hydrogen-bond acceptors (Lipinski definition) is 6. The molecule has 1 aliphatic heterocycles. The average Bonchev–Trinajstić information content (AvgIpc) is 3.22. The highest BCUT2D eigenvalue weighted by Gasteiger charge is 2.32. The van der Waals surface area contributed by atoms with Crippen molar-refractivity contribution >= 4 is 29.0 Å². The molecule has 2 unspecified atom stereocenters. The molecule has 0 aromatic carbocycles. The Morgan fingerprint density at radius 2 is 2.27 bits per heavy atom. The zero-order valence-corrected chi connectivity index (χ0v) is 16.2. The number of carbonyl (C=O) groups is 2. The maximum absolute atomic E-state index is 12.8. The lowest BCUT2D eigenvalue weighted by Crippen LogP contribution is -2.52. The number of methoxy groups -OCH3 is 1. The lowest BCUT2D eigenvalue weighted by atomic mass is 10.0. The minimum Gasteiger partial charge on any atom is -0.375 e. The third kappa shape index (κ3) is 3.63. The number of rotatable bonds is 5. The largest absolute Gasteiger partial charge is 0.375 e. The minimum atomic E-state index is -0.553. The summed E-state index contributed by atoms with van der Waals surface area (Å²) in [6.45, 7) is 4.28. The summed E-state index contributed by atoms with van der Waals surface area (Å²) in [5, 5.41) is 7.91. The predicted molar refractivity (Wildman–Crippen MR) is 98.3 cm³/mol. The zero-order chi connectivity index (χ0) is 18.8. The van der Waals surface area contributed by atoms with Crippen molar-refractivity contribution in [3.05, 3.63) is 27.8 Å². The van der Waals surface area contributed by atoms with Gasteiger partial charge in [0.15, 0.2) is 5.82 Å². The van der Waals surface area contributed by atoms with Crippen molar-refractivity contribution in [3.8, 4) is 0 Å². The quantitative estimate of drug-likeness (QED) is 0.858. The highest BCUT2D eigenvalue weighted by atomic mass is 32.1. The van der Waals surface area contributed by atoms with Gasteiger partial charge in [-0.05, 0) is 26.7 Å². The second kappa shape index (κ2) is 7.55. The Morgan fingerprint density at radius 3 is 2.92 bits per heavy atom. The smallest absolute Gasteiger partial charge is 0.263 e. The molecule has 2 atom stereocenters. The standard InChI is InChI=1S/C17H23N5O3S/c1-10-14(26-16(18-10)11(2)25-4)15(23)19-12-6-5-8-22(17(12)24)13-7-9-21(3)20-13/h7,9,11-12H,5-6,8H2,1-4H3,(H,19,23). The maximum Gasteiger partial charge on any atom is 0.263 e. The number of thiazole rings is 1. The fourth-order valence-electron chi connectivity index (χ4n) is 2.91. The van der Waals surface area contributed by atoms with Crippen LogP contribution in [0, 0.1) is 6.92 Å². The molecule has 2 amide bonds. The van der Waals surface area contributed by atoms with Gasteiger partial charge in [-0.15, -0.1) is 11.3 Å². The van der Waals surface area contributed by atoms with Crippen molar-refractivity contribution in [2.45, 2.75) is 38.8 Å². The molecule has 3 rings (SSSR count). The van der Waals surface area contributed by atoms with Crippen LogP contribution in [0.25, 0.3) is 0 Å². The van der Waals surface area contributed by atoms with Crippen molar-refractivity contribution in [3.63, 3.8) is 0 Å². The molecule has 26 heavy (non-hydrogen) atoms. The van der Waals surface area contributed by atoms with E-state index in [0.29, 0.717) is 29.4 Å². The second-order valence-electron chi connectivity index (χ2n) is 6.35. The molecule has 0 radical (unpaired) electrons. The van der Waals surface area contributed by atoms with Gasteiger partial charge in [0.2, 0.25) is 0 Å². The van der Waals surface area contributed by atoms with Crippen LogP contribution >= 0.6 is 11.3 Å². The van der Waals surface area contributed by atoms with E-state index >= 15 is 0 Å². The number of piperidine rings is 1. The SMILES string of the molecule is COC(C)c1nc(C)c(C(=O)NC2CCCN(c3ccn(C)n3)C2=O)s1. The van der Waals surface area contributed by atoms with Gasteiger partial charge in [-0.3, -0.25) is 19.2 Å². The van der Waals surface area contributed by atoms with Crippen LogP contribution < -0.4 is 10.2 Å². The summed E-state index contributed by atoms with van der Waals surface area (Å²) in [6.07, 6.45) is 3.05. The highest BCUT2D eigenvalue weighted by molar-refractivity contribution is 7.13. The third-order valence-electron chi connectivity index (χ3n) is 4.44. The summed E-state index contributed by atoms with van der Waals surface area (Å²) in [4.78, 5) is 32.0. The molecule has 2 aromatic rings.